The standard InChI is InChI=1S/C14H19N3OS/c1-2-18-8-4-7-15-13-12-10-5-3-6-11(10)19-14(12)17-9-16-13/h9H,2-8H2,1H3,(H,15,16,17). The van der Waals surface area contributed by atoms with Crippen molar-refractivity contribution in [2.24, 2.45) is 0 Å². The molecular formula is C14H19N3OS. The molecule has 2 aromatic rings. The SMILES string of the molecule is CCOCCCNc1ncnc2sc3c(c12)CCC3. The fourth-order valence-electron chi connectivity index (χ4n) is 2.59. The van der Waals surface area contributed by atoms with Crippen LogP contribution in [0, 0.1) is 0 Å². The van der Waals surface area contributed by atoms with Crippen LogP contribution in [0.25, 0.3) is 10.2 Å². The van der Waals surface area contributed by atoms with Gasteiger partial charge in [0.2, 0.25) is 0 Å². The summed E-state index contributed by atoms with van der Waals surface area (Å²) < 4.78 is 5.35. The molecule has 1 aliphatic rings. The lowest BCUT2D eigenvalue weighted by Crippen LogP contribution is -2.07. The van der Waals surface area contributed by atoms with E-state index in [1.54, 1.807) is 6.33 Å². The minimum Gasteiger partial charge on any atom is -0.382 e. The van der Waals surface area contributed by atoms with Gasteiger partial charge in [-0.2, -0.15) is 0 Å². The van der Waals surface area contributed by atoms with Crippen LogP contribution in [0.5, 0.6) is 0 Å². The number of thiophene rings is 1. The van der Waals surface area contributed by atoms with Crippen LogP contribution in [0.2, 0.25) is 0 Å². The molecule has 2 heterocycles. The number of rotatable bonds is 6. The number of hydrogen-bond acceptors (Lipinski definition) is 5. The first kappa shape index (κ1) is 12.8. The Bertz CT molecular complexity index is 567. The minimum atomic E-state index is 0.787. The second-order valence-corrected chi connectivity index (χ2v) is 5.82. The van der Waals surface area contributed by atoms with Crippen molar-refractivity contribution >= 4 is 27.4 Å². The van der Waals surface area contributed by atoms with Gasteiger partial charge < -0.3 is 10.1 Å². The van der Waals surface area contributed by atoms with Crippen molar-refractivity contribution in [1.82, 2.24) is 9.97 Å². The van der Waals surface area contributed by atoms with Gasteiger partial charge in [0.05, 0.1) is 5.39 Å². The average Bonchev–Trinajstić information content (AvgIpc) is 2.98. The molecule has 0 aromatic carbocycles. The van der Waals surface area contributed by atoms with Crippen molar-refractivity contribution in [3.8, 4) is 0 Å². The Labute approximate surface area is 117 Å². The Hall–Kier alpha value is -1.20. The molecule has 1 aliphatic carbocycles. The molecule has 0 unspecified atom stereocenters. The number of aryl methyl sites for hydroxylation is 2. The number of hydrogen-bond donors (Lipinski definition) is 1. The van der Waals surface area contributed by atoms with E-state index in [0.29, 0.717) is 0 Å². The summed E-state index contributed by atoms with van der Waals surface area (Å²) in [5.74, 6) is 1.00. The lowest BCUT2D eigenvalue weighted by molar-refractivity contribution is 0.147. The van der Waals surface area contributed by atoms with Crippen LogP contribution in [0.3, 0.4) is 0 Å². The number of nitrogens with one attached hydrogen (secondary N) is 1. The Kier molecular flexibility index (Phi) is 3.94. The lowest BCUT2D eigenvalue weighted by Gasteiger charge is -2.07. The molecule has 1 N–H and O–H groups in total. The summed E-state index contributed by atoms with van der Waals surface area (Å²) in [6.45, 7) is 4.52. The van der Waals surface area contributed by atoms with Gasteiger partial charge in [0.25, 0.3) is 0 Å². The number of ether oxygens (including phenoxy) is 1. The summed E-state index contributed by atoms with van der Waals surface area (Å²) in [5, 5.41) is 4.70. The molecule has 0 radical (unpaired) electrons. The van der Waals surface area contributed by atoms with E-state index in [0.717, 1.165) is 36.8 Å². The van der Waals surface area contributed by atoms with Crippen molar-refractivity contribution in [1.29, 1.82) is 0 Å². The van der Waals surface area contributed by atoms with Crippen LogP contribution in [-0.4, -0.2) is 29.7 Å². The van der Waals surface area contributed by atoms with Crippen molar-refractivity contribution in [3.05, 3.63) is 16.8 Å². The summed E-state index contributed by atoms with van der Waals surface area (Å²) >= 11 is 1.83. The first-order valence-corrected chi connectivity index (χ1v) is 7.78. The van der Waals surface area contributed by atoms with E-state index in [9.17, 15) is 0 Å². The third kappa shape index (κ3) is 2.58. The molecular weight excluding hydrogens is 258 g/mol. The van der Waals surface area contributed by atoms with E-state index < -0.39 is 0 Å². The number of anilines is 1. The molecule has 102 valence electrons. The molecule has 3 rings (SSSR count). The largest absolute Gasteiger partial charge is 0.382 e. The minimum absolute atomic E-state index is 0.787. The maximum Gasteiger partial charge on any atom is 0.138 e. The van der Waals surface area contributed by atoms with E-state index in [2.05, 4.69) is 15.3 Å². The number of aromatic nitrogens is 2. The Balaban J connectivity index is 1.75. The molecule has 0 spiro atoms. The van der Waals surface area contributed by atoms with E-state index in [4.69, 9.17) is 4.74 Å². The highest BCUT2D eigenvalue weighted by atomic mass is 32.1. The Morgan fingerprint density at radius 1 is 1.37 bits per heavy atom. The van der Waals surface area contributed by atoms with Crippen molar-refractivity contribution < 1.29 is 4.74 Å². The van der Waals surface area contributed by atoms with Gasteiger partial charge in [-0.05, 0) is 38.2 Å². The van der Waals surface area contributed by atoms with E-state index >= 15 is 0 Å². The summed E-state index contributed by atoms with van der Waals surface area (Å²) in [5.41, 5.74) is 1.48. The van der Waals surface area contributed by atoms with Crippen molar-refractivity contribution in [3.63, 3.8) is 0 Å². The van der Waals surface area contributed by atoms with Gasteiger partial charge in [-0.15, -0.1) is 11.3 Å². The van der Waals surface area contributed by atoms with Crippen molar-refractivity contribution in [2.45, 2.75) is 32.6 Å². The highest BCUT2D eigenvalue weighted by molar-refractivity contribution is 7.19. The smallest absolute Gasteiger partial charge is 0.138 e. The summed E-state index contributed by atoms with van der Waals surface area (Å²) in [6, 6.07) is 0. The van der Waals surface area contributed by atoms with Gasteiger partial charge in [0.15, 0.2) is 0 Å². The predicted octanol–water partition coefficient (Wildman–Crippen LogP) is 3.02. The van der Waals surface area contributed by atoms with Crippen LogP contribution in [0.15, 0.2) is 6.33 Å². The molecule has 2 aromatic heterocycles. The highest BCUT2D eigenvalue weighted by Crippen LogP contribution is 2.38. The van der Waals surface area contributed by atoms with E-state index in [1.165, 1.54) is 35.1 Å². The zero-order valence-corrected chi connectivity index (χ0v) is 12.1. The van der Waals surface area contributed by atoms with Gasteiger partial charge in [-0.25, -0.2) is 9.97 Å². The normalized spacial score (nSPS) is 13.9. The fraction of sp³-hybridized carbons (Fsp3) is 0.571. The van der Waals surface area contributed by atoms with E-state index in [1.807, 2.05) is 18.3 Å². The molecule has 0 saturated carbocycles. The average molecular weight is 277 g/mol. The zero-order chi connectivity index (χ0) is 13.1. The van der Waals surface area contributed by atoms with Gasteiger partial charge in [-0.1, -0.05) is 0 Å². The van der Waals surface area contributed by atoms with Crippen LogP contribution in [-0.2, 0) is 17.6 Å². The summed E-state index contributed by atoms with van der Waals surface area (Å²) in [7, 11) is 0. The molecule has 0 fully saturated rings. The Morgan fingerprint density at radius 3 is 3.21 bits per heavy atom. The third-order valence-corrected chi connectivity index (χ3v) is 4.66. The third-order valence-electron chi connectivity index (χ3n) is 3.46. The monoisotopic (exact) mass is 277 g/mol. The number of nitrogens with zero attached hydrogens (tertiary/aromatic N) is 2. The first-order valence-electron chi connectivity index (χ1n) is 6.97. The zero-order valence-electron chi connectivity index (χ0n) is 11.2. The summed E-state index contributed by atoms with van der Waals surface area (Å²) in [4.78, 5) is 11.5. The quantitative estimate of drug-likeness (QED) is 0.825. The van der Waals surface area contributed by atoms with Gasteiger partial charge >= 0.3 is 0 Å². The lowest BCUT2D eigenvalue weighted by atomic mass is 10.2. The van der Waals surface area contributed by atoms with Crippen LogP contribution < -0.4 is 5.32 Å². The van der Waals surface area contributed by atoms with Crippen LogP contribution >= 0.6 is 11.3 Å². The number of fused-ring (bicyclic) bond motifs is 3. The maximum absolute atomic E-state index is 5.35. The maximum atomic E-state index is 5.35. The highest BCUT2D eigenvalue weighted by Gasteiger charge is 2.20. The fourth-order valence-corrected chi connectivity index (χ4v) is 3.82. The molecule has 0 atom stereocenters. The van der Waals surface area contributed by atoms with Gasteiger partial charge in [-0.3, -0.25) is 0 Å². The molecule has 0 aliphatic heterocycles. The molecule has 5 heteroatoms. The van der Waals surface area contributed by atoms with Crippen LogP contribution in [0.1, 0.15) is 30.2 Å². The predicted molar refractivity (Wildman–Crippen MR) is 79.0 cm³/mol. The molecule has 19 heavy (non-hydrogen) atoms. The second kappa shape index (κ2) is 5.84. The topological polar surface area (TPSA) is 47.0 Å². The molecule has 0 amide bonds. The molecule has 0 saturated heterocycles. The second-order valence-electron chi connectivity index (χ2n) is 4.74. The Morgan fingerprint density at radius 2 is 2.32 bits per heavy atom. The first-order chi connectivity index (χ1) is 9.40. The van der Waals surface area contributed by atoms with Gasteiger partial charge in [0, 0.05) is 24.6 Å². The summed E-state index contributed by atoms with van der Waals surface area (Å²) in [6.07, 6.45) is 6.33. The molecule has 4 nitrogen and oxygen atoms in total. The van der Waals surface area contributed by atoms with Crippen LogP contribution in [0.4, 0.5) is 5.82 Å². The van der Waals surface area contributed by atoms with Gasteiger partial charge in [0.1, 0.15) is 17.0 Å². The van der Waals surface area contributed by atoms with E-state index in [-0.39, 0.29) is 0 Å². The molecule has 0 bridgehead atoms. The van der Waals surface area contributed by atoms with Crippen molar-refractivity contribution in [2.75, 3.05) is 25.1 Å².